The Morgan fingerprint density at radius 2 is 1.74 bits per heavy atom. The Kier molecular flexibility index (Phi) is 13.6. The highest BCUT2D eigenvalue weighted by atomic mass is 35.5. The molecule has 4 atom stereocenters. The molecule has 0 aromatic heterocycles. The van der Waals surface area contributed by atoms with Crippen LogP contribution in [-0.2, 0) is 27.5 Å². The molecule has 1 amide bonds. The van der Waals surface area contributed by atoms with Crippen molar-refractivity contribution in [3.05, 3.63) is 88.4 Å². The highest BCUT2D eigenvalue weighted by Crippen LogP contribution is 2.31. The Labute approximate surface area is 297 Å². The first-order valence-electron chi connectivity index (χ1n) is 16.5. The second kappa shape index (κ2) is 17.2. The normalized spacial score (nSPS) is 20.5. The van der Waals surface area contributed by atoms with Gasteiger partial charge in [0.1, 0.15) is 5.75 Å². The van der Waals surface area contributed by atoms with Gasteiger partial charge in [-0.3, -0.25) is 14.4 Å². The number of carbonyl (C=O) groups excluding carboxylic acids is 1. The van der Waals surface area contributed by atoms with E-state index in [-0.39, 0.29) is 47.4 Å². The van der Waals surface area contributed by atoms with Gasteiger partial charge in [0, 0.05) is 42.9 Å². The summed E-state index contributed by atoms with van der Waals surface area (Å²) in [6, 6.07) is 14.7. The standard InChI is InChI=1S/C36H45ClF3N3O6S/c1-24-20-43(25(2)23-44)35(45)32-19-30(41-50(46,47)31-15-12-29(37)13-16-31)14-17-33(32)49-26(3)7-5-6-18-48-34(24)22-42(4)21-27-8-10-28(11-9-27)36(38,39)40/h8-17,19,24-26,34,41,44H,5-7,18,20-23H2,1-4H3/t24-,25+,26-,34+/m0/s1. The van der Waals surface area contributed by atoms with Gasteiger partial charge in [0.15, 0.2) is 0 Å². The smallest absolute Gasteiger partial charge is 0.416 e. The number of nitrogens with one attached hydrogen (secondary N) is 1. The number of anilines is 1. The van der Waals surface area contributed by atoms with E-state index in [4.69, 9.17) is 21.1 Å². The molecule has 3 aromatic rings. The molecule has 0 fully saturated rings. The minimum Gasteiger partial charge on any atom is -0.490 e. The first-order valence-corrected chi connectivity index (χ1v) is 18.4. The van der Waals surface area contributed by atoms with E-state index in [1.807, 2.05) is 25.8 Å². The van der Waals surface area contributed by atoms with Gasteiger partial charge in [0.2, 0.25) is 0 Å². The Morgan fingerprint density at radius 3 is 2.38 bits per heavy atom. The maximum Gasteiger partial charge on any atom is 0.416 e. The summed E-state index contributed by atoms with van der Waals surface area (Å²) < 4.78 is 80.7. The molecule has 2 N–H and O–H groups in total. The number of alkyl halides is 3. The summed E-state index contributed by atoms with van der Waals surface area (Å²) in [5.41, 5.74) is 0.296. The van der Waals surface area contributed by atoms with E-state index in [1.165, 1.54) is 53.4 Å². The van der Waals surface area contributed by atoms with E-state index in [0.29, 0.717) is 42.5 Å². The Morgan fingerprint density at radius 1 is 1.06 bits per heavy atom. The molecule has 14 heteroatoms. The summed E-state index contributed by atoms with van der Waals surface area (Å²) in [4.78, 5) is 17.9. The van der Waals surface area contributed by atoms with Gasteiger partial charge in [-0.2, -0.15) is 13.2 Å². The van der Waals surface area contributed by atoms with Gasteiger partial charge in [-0.05, 0) is 100 Å². The highest BCUT2D eigenvalue weighted by molar-refractivity contribution is 7.92. The number of likely N-dealkylation sites (N-methyl/N-ethyl adjacent to an activating group) is 1. The molecule has 0 unspecified atom stereocenters. The number of carbonyl (C=O) groups is 1. The first-order chi connectivity index (χ1) is 23.6. The fraction of sp³-hybridized carbons (Fsp3) is 0.472. The van der Waals surface area contributed by atoms with Crippen molar-refractivity contribution in [2.75, 3.05) is 38.1 Å². The number of hydrogen-bond acceptors (Lipinski definition) is 7. The van der Waals surface area contributed by atoms with Crippen LogP contribution in [0.2, 0.25) is 5.02 Å². The molecule has 274 valence electrons. The van der Waals surface area contributed by atoms with Crippen molar-refractivity contribution < 1.29 is 41.0 Å². The molecule has 0 saturated carbocycles. The van der Waals surface area contributed by atoms with Crippen LogP contribution in [0.15, 0.2) is 71.6 Å². The molecule has 3 aromatic carbocycles. The Hall–Kier alpha value is -3.36. The number of benzene rings is 3. The zero-order chi connectivity index (χ0) is 36.6. The molecule has 0 spiro atoms. The van der Waals surface area contributed by atoms with Crippen LogP contribution in [0.1, 0.15) is 61.5 Å². The summed E-state index contributed by atoms with van der Waals surface area (Å²) in [5.74, 6) is -0.399. The van der Waals surface area contributed by atoms with Crippen LogP contribution < -0.4 is 9.46 Å². The van der Waals surface area contributed by atoms with Gasteiger partial charge in [0.25, 0.3) is 15.9 Å². The second-order valence-corrected chi connectivity index (χ2v) is 15.1. The highest BCUT2D eigenvalue weighted by Gasteiger charge is 2.32. The molecular formula is C36H45ClF3N3O6S. The summed E-state index contributed by atoms with van der Waals surface area (Å²) in [5, 5.41) is 10.6. The van der Waals surface area contributed by atoms with Crippen molar-refractivity contribution >= 4 is 33.2 Å². The number of aliphatic hydroxyl groups excluding tert-OH is 1. The van der Waals surface area contributed by atoms with Crippen molar-refractivity contribution in [2.45, 2.75) is 75.9 Å². The number of nitrogens with zero attached hydrogens (tertiary/aromatic N) is 2. The zero-order valence-corrected chi connectivity index (χ0v) is 30.2. The van der Waals surface area contributed by atoms with Crippen LogP contribution in [0.5, 0.6) is 5.75 Å². The second-order valence-electron chi connectivity index (χ2n) is 13.0. The maximum atomic E-state index is 14.4. The molecule has 50 heavy (non-hydrogen) atoms. The van der Waals surface area contributed by atoms with E-state index in [1.54, 1.807) is 13.0 Å². The third-order valence-electron chi connectivity index (χ3n) is 8.65. The monoisotopic (exact) mass is 739 g/mol. The third kappa shape index (κ3) is 10.8. The summed E-state index contributed by atoms with van der Waals surface area (Å²) in [6.45, 7) is 6.71. The molecule has 4 rings (SSSR count). The van der Waals surface area contributed by atoms with Crippen molar-refractivity contribution in [2.24, 2.45) is 5.92 Å². The zero-order valence-electron chi connectivity index (χ0n) is 28.6. The fourth-order valence-corrected chi connectivity index (χ4v) is 6.93. The van der Waals surface area contributed by atoms with Crippen molar-refractivity contribution in [1.29, 1.82) is 0 Å². The van der Waals surface area contributed by atoms with Crippen LogP contribution in [0.4, 0.5) is 18.9 Å². The fourth-order valence-electron chi connectivity index (χ4n) is 5.76. The van der Waals surface area contributed by atoms with E-state index in [2.05, 4.69) is 4.72 Å². The van der Waals surface area contributed by atoms with Crippen LogP contribution in [0.25, 0.3) is 0 Å². The molecule has 9 nitrogen and oxygen atoms in total. The van der Waals surface area contributed by atoms with Gasteiger partial charge in [-0.1, -0.05) is 30.7 Å². The van der Waals surface area contributed by atoms with E-state index in [9.17, 15) is 31.5 Å². The SMILES string of the molecule is C[C@H](CO)N1C[C@H](C)[C@@H](CN(C)Cc2ccc(C(F)(F)F)cc2)OCCCC[C@H](C)Oc2ccc(NS(=O)(=O)c3ccc(Cl)cc3)cc2C1=O. The Balaban J connectivity index is 1.61. The summed E-state index contributed by atoms with van der Waals surface area (Å²) in [6.07, 6.45) is -2.82. The lowest BCUT2D eigenvalue weighted by Gasteiger charge is -2.36. The van der Waals surface area contributed by atoms with Crippen LogP contribution in [0, 0.1) is 5.92 Å². The molecule has 0 saturated heterocycles. The Bertz CT molecular complexity index is 1680. The largest absolute Gasteiger partial charge is 0.490 e. The van der Waals surface area contributed by atoms with E-state index in [0.717, 1.165) is 25.0 Å². The average molecular weight is 740 g/mol. The topological polar surface area (TPSA) is 108 Å². The molecule has 1 aliphatic rings. The lowest BCUT2D eigenvalue weighted by molar-refractivity contribution is -0.137. The minimum absolute atomic E-state index is 0.00290. The number of amides is 1. The molecule has 0 bridgehead atoms. The average Bonchev–Trinajstić information content (AvgIpc) is 3.06. The van der Waals surface area contributed by atoms with Crippen LogP contribution in [0.3, 0.4) is 0 Å². The maximum absolute atomic E-state index is 14.4. The number of aliphatic hydroxyl groups is 1. The number of hydrogen-bond donors (Lipinski definition) is 2. The van der Waals surface area contributed by atoms with Gasteiger partial charge in [-0.15, -0.1) is 0 Å². The van der Waals surface area contributed by atoms with Gasteiger partial charge in [0.05, 0.1) is 40.9 Å². The predicted octanol–water partition coefficient (Wildman–Crippen LogP) is 7.09. The third-order valence-corrected chi connectivity index (χ3v) is 10.3. The first kappa shape index (κ1) is 39.4. The van der Waals surface area contributed by atoms with Gasteiger partial charge >= 0.3 is 6.18 Å². The van der Waals surface area contributed by atoms with E-state index >= 15 is 0 Å². The molecular weight excluding hydrogens is 695 g/mol. The molecule has 0 radical (unpaired) electrons. The quantitative estimate of drug-likeness (QED) is 0.241. The number of ether oxygens (including phenoxy) is 2. The molecule has 0 aliphatic carbocycles. The number of fused-ring (bicyclic) bond motifs is 1. The van der Waals surface area contributed by atoms with Gasteiger partial charge < -0.3 is 19.5 Å². The number of halogens is 4. The van der Waals surface area contributed by atoms with Crippen molar-refractivity contribution in [1.82, 2.24) is 9.80 Å². The van der Waals surface area contributed by atoms with Crippen LogP contribution >= 0.6 is 11.6 Å². The van der Waals surface area contributed by atoms with Crippen LogP contribution in [-0.4, -0.2) is 80.8 Å². The lowest BCUT2D eigenvalue weighted by Crippen LogP contribution is -2.47. The minimum atomic E-state index is -4.41. The summed E-state index contributed by atoms with van der Waals surface area (Å²) >= 11 is 5.94. The summed E-state index contributed by atoms with van der Waals surface area (Å²) in [7, 11) is -2.15. The number of sulfonamides is 1. The predicted molar refractivity (Wildman–Crippen MR) is 187 cm³/mol. The van der Waals surface area contributed by atoms with Crippen molar-refractivity contribution in [3.8, 4) is 5.75 Å². The lowest BCUT2D eigenvalue weighted by atomic mass is 10.0. The molecule has 1 heterocycles. The number of rotatable bonds is 9. The van der Waals surface area contributed by atoms with Crippen molar-refractivity contribution in [3.63, 3.8) is 0 Å². The molecule has 1 aliphatic heterocycles. The van der Waals surface area contributed by atoms with E-state index < -0.39 is 33.7 Å². The van der Waals surface area contributed by atoms with Gasteiger partial charge in [-0.25, -0.2) is 8.42 Å².